The Bertz CT molecular complexity index is 520. The van der Waals surface area contributed by atoms with Gasteiger partial charge in [0.2, 0.25) is 0 Å². The standard InChI is InChI=1S/C14H21ClN4O/c1-3-6-19-14(20)13(15)12(10-17-19)18-7-4-11(5-8-18)9-16-2/h3,10-11,16H,1,4-9H2,2H3. The van der Waals surface area contributed by atoms with E-state index in [1.54, 1.807) is 12.3 Å². The molecule has 0 amide bonds. The molecule has 1 aromatic rings. The minimum atomic E-state index is -0.249. The van der Waals surface area contributed by atoms with Gasteiger partial charge in [-0.05, 0) is 32.4 Å². The van der Waals surface area contributed by atoms with Gasteiger partial charge in [0.25, 0.3) is 5.56 Å². The predicted octanol–water partition coefficient (Wildman–Crippen LogP) is 1.52. The summed E-state index contributed by atoms with van der Waals surface area (Å²) in [6.07, 6.45) is 5.53. The summed E-state index contributed by atoms with van der Waals surface area (Å²) in [5.41, 5.74) is 0.501. The van der Waals surface area contributed by atoms with Crippen LogP contribution in [-0.4, -0.2) is 36.5 Å². The van der Waals surface area contributed by atoms with Crippen molar-refractivity contribution in [1.29, 1.82) is 0 Å². The van der Waals surface area contributed by atoms with Gasteiger partial charge in [-0.1, -0.05) is 17.7 Å². The molecule has 2 heterocycles. The quantitative estimate of drug-likeness (QED) is 0.837. The fourth-order valence-electron chi connectivity index (χ4n) is 2.60. The van der Waals surface area contributed by atoms with Crippen molar-refractivity contribution in [1.82, 2.24) is 15.1 Å². The monoisotopic (exact) mass is 296 g/mol. The predicted molar refractivity (Wildman–Crippen MR) is 82.6 cm³/mol. The third kappa shape index (κ3) is 3.22. The van der Waals surface area contributed by atoms with Crippen molar-refractivity contribution < 1.29 is 0 Å². The van der Waals surface area contributed by atoms with E-state index in [0.29, 0.717) is 12.5 Å². The zero-order chi connectivity index (χ0) is 14.5. The van der Waals surface area contributed by atoms with Crippen molar-refractivity contribution in [3.8, 4) is 0 Å². The zero-order valence-corrected chi connectivity index (χ0v) is 12.6. The molecule has 0 bridgehead atoms. The molecule has 1 aromatic heterocycles. The third-order valence-electron chi connectivity index (χ3n) is 3.72. The summed E-state index contributed by atoms with van der Waals surface area (Å²) in [7, 11) is 1.98. The Balaban J connectivity index is 2.12. The molecular formula is C14H21ClN4O. The maximum absolute atomic E-state index is 12.1. The van der Waals surface area contributed by atoms with E-state index in [4.69, 9.17) is 11.6 Å². The molecule has 1 aliphatic rings. The highest BCUT2D eigenvalue weighted by atomic mass is 35.5. The average molecular weight is 297 g/mol. The molecule has 0 spiro atoms. The second kappa shape index (κ2) is 6.90. The molecule has 5 nitrogen and oxygen atoms in total. The Morgan fingerprint density at radius 1 is 1.55 bits per heavy atom. The summed E-state index contributed by atoms with van der Waals surface area (Å²) < 4.78 is 1.33. The lowest BCUT2D eigenvalue weighted by Gasteiger charge is -2.33. The Labute approximate surface area is 124 Å². The highest BCUT2D eigenvalue weighted by Crippen LogP contribution is 2.26. The first-order valence-electron chi connectivity index (χ1n) is 6.93. The fraction of sp³-hybridized carbons (Fsp3) is 0.571. The zero-order valence-electron chi connectivity index (χ0n) is 11.8. The van der Waals surface area contributed by atoms with Crippen molar-refractivity contribution in [3.05, 3.63) is 34.2 Å². The Morgan fingerprint density at radius 2 is 2.25 bits per heavy atom. The number of nitrogens with zero attached hydrogens (tertiary/aromatic N) is 3. The van der Waals surface area contributed by atoms with Gasteiger partial charge in [-0.15, -0.1) is 6.58 Å². The minimum Gasteiger partial charge on any atom is -0.369 e. The van der Waals surface area contributed by atoms with Crippen LogP contribution in [0.25, 0.3) is 0 Å². The lowest BCUT2D eigenvalue weighted by atomic mass is 9.96. The summed E-state index contributed by atoms with van der Waals surface area (Å²) in [6.45, 7) is 6.86. The first-order valence-corrected chi connectivity index (χ1v) is 7.31. The minimum absolute atomic E-state index is 0.249. The van der Waals surface area contributed by atoms with Crippen LogP contribution in [0.3, 0.4) is 0 Å². The van der Waals surface area contributed by atoms with Crippen LogP contribution in [0, 0.1) is 5.92 Å². The molecular weight excluding hydrogens is 276 g/mol. The van der Waals surface area contributed by atoms with Gasteiger partial charge in [0.05, 0.1) is 18.4 Å². The smallest absolute Gasteiger partial charge is 0.287 e. The number of piperidine rings is 1. The van der Waals surface area contributed by atoms with Crippen LogP contribution in [0.1, 0.15) is 12.8 Å². The van der Waals surface area contributed by atoms with E-state index in [-0.39, 0.29) is 10.6 Å². The Kier molecular flexibility index (Phi) is 5.20. The second-order valence-corrected chi connectivity index (χ2v) is 5.49. The van der Waals surface area contributed by atoms with Crippen LogP contribution in [0.2, 0.25) is 5.02 Å². The molecule has 0 aromatic carbocycles. The summed E-state index contributed by atoms with van der Waals surface area (Å²) in [4.78, 5) is 14.2. The van der Waals surface area contributed by atoms with Crippen molar-refractivity contribution >= 4 is 17.3 Å². The SMILES string of the molecule is C=CCn1ncc(N2CCC(CNC)CC2)c(Cl)c1=O. The van der Waals surface area contributed by atoms with Crippen molar-refractivity contribution in [3.63, 3.8) is 0 Å². The number of anilines is 1. The fourth-order valence-corrected chi connectivity index (χ4v) is 2.86. The molecule has 110 valence electrons. The maximum atomic E-state index is 12.1. The first kappa shape index (κ1) is 15.1. The van der Waals surface area contributed by atoms with Crippen LogP contribution < -0.4 is 15.8 Å². The summed E-state index contributed by atoms with van der Waals surface area (Å²) in [6, 6.07) is 0. The van der Waals surface area contributed by atoms with Gasteiger partial charge in [-0.3, -0.25) is 4.79 Å². The van der Waals surface area contributed by atoms with Crippen LogP contribution in [-0.2, 0) is 6.54 Å². The molecule has 6 heteroatoms. The molecule has 0 aliphatic carbocycles. The highest BCUT2D eigenvalue weighted by Gasteiger charge is 2.22. The number of nitrogens with one attached hydrogen (secondary N) is 1. The maximum Gasteiger partial charge on any atom is 0.287 e. The number of hydrogen-bond donors (Lipinski definition) is 1. The first-order chi connectivity index (χ1) is 9.67. The van der Waals surface area contributed by atoms with Crippen LogP contribution in [0.4, 0.5) is 5.69 Å². The van der Waals surface area contributed by atoms with Gasteiger partial charge in [-0.2, -0.15) is 5.10 Å². The number of hydrogen-bond acceptors (Lipinski definition) is 4. The van der Waals surface area contributed by atoms with E-state index in [2.05, 4.69) is 21.9 Å². The van der Waals surface area contributed by atoms with Crippen LogP contribution in [0.5, 0.6) is 0 Å². The van der Waals surface area contributed by atoms with Gasteiger partial charge in [0, 0.05) is 13.1 Å². The van der Waals surface area contributed by atoms with Crippen molar-refractivity contribution in [2.75, 3.05) is 31.6 Å². The van der Waals surface area contributed by atoms with Crippen molar-refractivity contribution in [2.45, 2.75) is 19.4 Å². The van der Waals surface area contributed by atoms with E-state index in [0.717, 1.165) is 38.2 Å². The lowest BCUT2D eigenvalue weighted by Crippen LogP contribution is -2.38. The molecule has 1 saturated heterocycles. The molecule has 0 radical (unpaired) electrons. The molecule has 0 unspecified atom stereocenters. The van der Waals surface area contributed by atoms with Crippen LogP contribution in [0.15, 0.2) is 23.6 Å². The largest absolute Gasteiger partial charge is 0.369 e. The molecule has 0 atom stereocenters. The number of aromatic nitrogens is 2. The van der Waals surface area contributed by atoms with E-state index < -0.39 is 0 Å². The van der Waals surface area contributed by atoms with Gasteiger partial charge < -0.3 is 10.2 Å². The van der Waals surface area contributed by atoms with Gasteiger partial charge in [0.1, 0.15) is 5.02 Å². The molecule has 0 saturated carbocycles. The second-order valence-electron chi connectivity index (χ2n) is 5.11. The highest BCUT2D eigenvalue weighted by molar-refractivity contribution is 6.33. The van der Waals surface area contributed by atoms with E-state index >= 15 is 0 Å². The molecule has 2 rings (SSSR count). The van der Waals surface area contributed by atoms with Gasteiger partial charge in [0.15, 0.2) is 0 Å². The van der Waals surface area contributed by atoms with E-state index in [9.17, 15) is 4.79 Å². The van der Waals surface area contributed by atoms with E-state index in [1.165, 1.54) is 4.68 Å². The lowest BCUT2D eigenvalue weighted by molar-refractivity contribution is 0.393. The average Bonchev–Trinajstić information content (AvgIpc) is 2.46. The van der Waals surface area contributed by atoms with Gasteiger partial charge >= 0.3 is 0 Å². The van der Waals surface area contributed by atoms with E-state index in [1.807, 2.05) is 7.05 Å². The molecule has 1 aliphatic heterocycles. The van der Waals surface area contributed by atoms with Crippen LogP contribution >= 0.6 is 11.6 Å². The normalized spacial score (nSPS) is 16.4. The van der Waals surface area contributed by atoms with Gasteiger partial charge in [-0.25, -0.2) is 4.68 Å². The molecule has 20 heavy (non-hydrogen) atoms. The molecule has 1 N–H and O–H groups in total. The summed E-state index contributed by atoms with van der Waals surface area (Å²) in [5.74, 6) is 0.698. The molecule has 1 fully saturated rings. The van der Waals surface area contributed by atoms with Crippen molar-refractivity contribution in [2.24, 2.45) is 5.92 Å². The number of rotatable bonds is 5. The Hall–Kier alpha value is -1.33. The summed E-state index contributed by atoms with van der Waals surface area (Å²) >= 11 is 6.20. The topological polar surface area (TPSA) is 50.2 Å². The third-order valence-corrected chi connectivity index (χ3v) is 4.07. The number of halogens is 1. The Morgan fingerprint density at radius 3 is 2.85 bits per heavy atom. The number of allylic oxidation sites excluding steroid dienone is 1. The summed E-state index contributed by atoms with van der Waals surface area (Å²) in [5, 5.41) is 7.63.